The van der Waals surface area contributed by atoms with Crippen LogP contribution in [0.1, 0.15) is 36.6 Å². The third kappa shape index (κ3) is 5.02. The number of carbonyl (C=O) groups excluding carboxylic acids is 1. The van der Waals surface area contributed by atoms with Crippen molar-refractivity contribution < 1.29 is 14.3 Å². The molecule has 0 bridgehead atoms. The Labute approximate surface area is 206 Å². The van der Waals surface area contributed by atoms with Crippen LogP contribution < -0.4 is 14.4 Å². The highest BCUT2D eigenvalue weighted by Gasteiger charge is 2.34. The largest absolute Gasteiger partial charge is 0.497 e. The maximum absolute atomic E-state index is 12.9. The van der Waals surface area contributed by atoms with Crippen molar-refractivity contribution in [3.8, 4) is 11.5 Å². The normalized spacial score (nSPS) is 15.7. The third-order valence-corrected chi connectivity index (χ3v) is 6.62. The van der Waals surface area contributed by atoms with Crippen molar-refractivity contribution in [3.05, 3.63) is 84.2 Å². The van der Waals surface area contributed by atoms with Gasteiger partial charge in [-0.25, -0.2) is 4.98 Å². The number of carbonyl (C=O) groups is 1. The summed E-state index contributed by atoms with van der Waals surface area (Å²) in [6.45, 7) is 4.21. The van der Waals surface area contributed by atoms with Crippen LogP contribution in [-0.2, 0) is 11.3 Å². The van der Waals surface area contributed by atoms with Crippen LogP contribution in [-0.4, -0.2) is 35.7 Å². The number of amides is 1. The zero-order chi connectivity index (χ0) is 24.2. The number of benzene rings is 3. The number of ether oxygens (including phenoxy) is 2. The first-order valence-electron chi connectivity index (χ1n) is 12.2. The number of para-hydroxylation sites is 2. The van der Waals surface area contributed by atoms with Crippen LogP contribution in [0.15, 0.2) is 72.8 Å². The highest BCUT2D eigenvalue weighted by Crippen LogP contribution is 2.33. The van der Waals surface area contributed by atoms with E-state index < -0.39 is 0 Å². The molecule has 0 N–H and O–H groups in total. The molecule has 4 aromatic rings. The Morgan fingerprint density at radius 2 is 1.69 bits per heavy atom. The molecule has 5 rings (SSSR count). The molecule has 0 spiro atoms. The first-order chi connectivity index (χ1) is 17.1. The van der Waals surface area contributed by atoms with Gasteiger partial charge in [0.25, 0.3) is 0 Å². The van der Waals surface area contributed by atoms with Gasteiger partial charge >= 0.3 is 0 Å². The molecule has 1 aliphatic rings. The Balaban J connectivity index is 1.26. The van der Waals surface area contributed by atoms with Gasteiger partial charge in [-0.3, -0.25) is 4.79 Å². The molecule has 35 heavy (non-hydrogen) atoms. The van der Waals surface area contributed by atoms with E-state index in [0.717, 1.165) is 53.4 Å². The van der Waals surface area contributed by atoms with E-state index in [0.29, 0.717) is 19.6 Å². The van der Waals surface area contributed by atoms with E-state index in [1.54, 1.807) is 7.11 Å². The molecule has 1 atom stereocenters. The highest BCUT2D eigenvalue weighted by atomic mass is 16.5. The molecule has 6 nitrogen and oxygen atoms in total. The van der Waals surface area contributed by atoms with Gasteiger partial charge in [0, 0.05) is 31.1 Å². The average molecular weight is 470 g/mol. The topological polar surface area (TPSA) is 56.6 Å². The number of rotatable bonds is 9. The molecule has 1 fully saturated rings. The lowest BCUT2D eigenvalue weighted by molar-refractivity contribution is -0.117. The minimum Gasteiger partial charge on any atom is -0.497 e. The van der Waals surface area contributed by atoms with Gasteiger partial charge in [0.15, 0.2) is 0 Å². The molecule has 6 heteroatoms. The lowest BCUT2D eigenvalue weighted by atomic mass is 10.1. The number of fused-ring (bicyclic) bond motifs is 1. The lowest BCUT2D eigenvalue weighted by Crippen LogP contribution is -2.24. The predicted molar refractivity (Wildman–Crippen MR) is 138 cm³/mol. The van der Waals surface area contributed by atoms with Crippen LogP contribution in [0, 0.1) is 6.92 Å². The molecule has 1 aromatic heterocycles. The molecule has 1 saturated heterocycles. The molecule has 1 amide bonds. The van der Waals surface area contributed by atoms with Gasteiger partial charge < -0.3 is 18.9 Å². The van der Waals surface area contributed by atoms with Gasteiger partial charge in [0.1, 0.15) is 17.3 Å². The van der Waals surface area contributed by atoms with E-state index in [-0.39, 0.29) is 11.8 Å². The summed E-state index contributed by atoms with van der Waals surface area (Å²) in [5.74, 6) is 2.91. The van der Waals surface area contributed by atoms with Crippen molar-refractivity contribution in [1.29, 1.82) is 0 Å². The molecule has 0 saturated carbocycles. The molecule has 2 heterocycles. The number of unbranched alkanes of at least 4 members (excludes halogenated alkanes) is 1. The Morgan fingerprint density at radius 3 is 2.46 bits per heavy atom. The number of anilines is 1. The predicted octanol–water partition coefficient (Wildman–Crippen LogP) is 5.73. The molecule has 0 aliphatic carbocycles. The van der Waals surface area contributed by atoms with E-state index in [2.05, 4.69) is 41.8 Å². The SMILES string of the molecule is COc1ccc(OCCCCn2c(C3CC(=O)N(c4ccc(C)cc4)C3)nc3ccccc32)cc1. The third-order valence-electron chi connectivity index (χ3n) is 6.62. The monoisotopic (exact) mass is 469 g/mol. The smallest absolute Gasteiger partial charge is 0.227 e. The van der Waals surface area contributed by atoms with Crippen molar-refractivity contribution in [2.75, 3.05) is 25.2 Å². The van der Waals surface area contributed by atoms with Gasteiger partial charge in [-0.2, -0.15) is 0 Å². The van der Waals surface area contributed by atoms with E-state index in [4.69, 9.17) is 14.5 Å². The number of methoxy groups -OCH3 is 1. The van der Waals surface area contributed by atoms with Gasteiger partial charge in [-0.05, 0) is 68.3 Å². The minimum atomic E-state index is 0.0757. The first-order valence-corrected chi connectivity index (χ1v) is 12.2. The fourth-order valence-electron chi connectivity index (χ4n) is 4.73. The quantitative estimate of drug-likeness (QED) is 0.294. The van der Waals surface area contributed by atoms with E-state index in [1.807, 2.05) is 47.4 Å². The van der Waals surface area contributed by atoms with Crippen LogP contribution >= 0.6 is 0 Å². The van der Waals surface area contributed by atoms with Gasteiger partial charge in [0.2, 0.25) is 5.91 Å². The van der Waals surface area contributed by atoms with Crippen molar-refractivity contribution in [2.45, 2.75) is 38.6 Å². The summed E-state index contributed by atoms with van der Waals surface area (Å²) in [5.41, 5.74) is 4.26. The summed E-state index contributed by atoms with van der Waals surface area (Å²) < 4.78 is 13.4. The Bertz CT molecular complexity index is 1300. The van der Waals surface area contributed by atoms with Crippen molar-refractivity contribution >= 4 is 22.6 Å². The Hall–Kier alpha value is -3.80. The first kappa shape index (κ1) is 23.0. The average Bonchev–Trinajstić information content (AvgIpc) is 3.45. The van der Waals surface area contributed by atoms with Crippen LogP contribution in [0.4, 0.5) is 5.69 Å². The molecule has 0 radical (unpaired) electrons. The van der Waals surface area contributed by atoms with Crippen molar-refractivity contribution in [2.24, 2.45) is 0 Å². The summed E-state index contributed by atoms with van der Waals surface area (Å²) in [6.07, 6.45) is 2.38. The summed E-state index contributed by atoms with van der Waals surface area (Å²) >= 11 is 0. The maximum atomic E-state index is 12.9. The minimum absolute atomic E-state index is 0.0757. The number of aromatic nitrogens is 2. The molecule has 3 aromatic carbocycles. The lowest BCUT2D eigenvalue weighted by Gasteiger charge is -2.18. The standard InChI is InChI=1S/C29H31N3O3/c1-21-9-11-23(12-10-21)32-20-22(19-28(32)33)29-30-26-7-3-4-8-27(26)31(29)17-5-6-18-35-25-15-13-24(34-2)14-16-25/h3-4,7-16,22H,5-6,17-20H2,1-2H3. The summed E-state index contributed by atoms with van der Waals surface area (Å²) in [6, 6.07) is 24.1. The van der Waals surface area contributed by atoms with Gasteiger partial charge in [-0.1, -0.05) is 29.8 Å². The van der Waals surface area contributed by atoms with Gasteiger partial charge in [0.05, 0.1) is 24.8 Å². The van der Waals surface area contributed by atoms with E-state index >= 15 is 0 Å². The van der Waals surface area contributed by atoms with Gasteiger partial charge in [-0.15, -0.1) is 0 Å². The summed E-state index contributed by atoms with van der Waals surface area (Å²) in [7, 11) is 1.66. The second kappa shape index (κ2) is 10.2. The number of aryl methyl sites for hydroxylation is 2. The fraction of sp³-hybridized carbons (Fsp3) is 0.310. The highest BCUT2D eigenvalue weighted by molar-refractivity contribution is 5.96. The molecular weight excluding hydrogens is 438 g/mol. The van der Waals surface area contributed by atoms with E-state index in [1.165, 1.54) is 5.56 Å². The van der Waals surface area contributed by atoms with Crippen molar-refractivity contribution in [1.82, 2.24) is 9.55 Å². The second-order valence-corrected chi connectivity index (χ2v) is 9.08. The number of nitrogens with zero attached hydrogens (tertiary/aromatic N) is 3. The Kier molecular flexibility index (Phi) is 6.70. The molecule has 1 aliphatic heterocycles. The van der Waals surface area contributed by atoms with Crippen molar-refractivity contribution in [3.63, 3.8) is 0 Å². The number of imidazole rings is 1. The maximum Gasteiger partial charge on any atom is 0.227 e. The number of hydrogen-bond donors (Lipinski definition) is 0. The van der Waals surface area contributed by atoms with Crippen LogP contribution in [0.5, 0.6) is 11.5 Å². The van der Waals surface area contributed by atoms with E-state index in [9.17, 15) is 4.79 Å². The summed E-state index contributed by atoms with van der Waals surface area (Å²) in [5, 5.41) is 0. The molecule has 180 valence electrons. The summed E-state index contributed by atoms with van der Waals surface area (Å²) in [4.78, 5) is 19.8. The second-order valence-electron chi connectivity index (χ2n) is 9.08. The molecule has 1 unspecified atom stereocenters. The zero-order valence-corrected chi connectivity index (χ0v) is 20.3. The zero-order valence-electron chi connectivity index (χ0n) is 20.3. The fourth-order valence-corrected chi connectivity index (χ4v) is 4.73. The van der Waals surface area contributed by atoms with Crippen LogP contribution in [0.25, 0.3) is 11.0 Å². The van der Waals surface area contributed by atoms with Crippen LogP contribution in [0.2, 0.25) is 0 Å². The molecular formula is C29H31N3O3. The number of hydrogen-bond acceptors (Lipinski definition) is 4. The van der Waals surface area contributed by atoms with Crippen LogP contribution in [0.3, 0.4) is 0 Å². The Morgan fingerprint density at radius 1 is 0.943 bits per heavy atom.